The summed E-state index contributed by atoms with van der Waals surface area (Å²) in [5, 5.41) is 0.794. The van der Waals surface area contributed by atoms with Crippen LogP contribution in [0.3, 0.4) is 0 Å². The Morgan fingerprint density at radius 1 is 1.19 bits per heavy atom. The quantitative estimate of drug-likeness (QED) is 0.716. The minimum Gasteiger partial charge on any atom is -0.462 e. The molecule has 0 fully saturated rings. The molecular formula is C22H22N2O3. The Balaban J connectivity index is 2.07. The first kappa shape index (κ1) is 17.5. The maximum Gasteiger partial charge on any atom is 0.344 e. The van der Waals surface area contributed by atoms with Crippen molar-refractivity contribution in [2.24, 2.45) is 0 Å². The normalized spacial score (nSPS) is 13.4. The minimum absolute atomic E-state index is 0.0470. The number of H-pyrrole nitrogens is 1. The van der Waals surface area contributed by atoms with Gasteiger partial charge in [-0.1, -0.05) is 29.8 Å². The molecule has 0 atom stereocenters. The van der Waals surface area contributed by atoms with Crippen molar-refractivity contribution in [3.05, 3.63) is 63.1 Å². The van der Waals surface area contributed by atoms with Crippen LogP contribution in [0.5, 0.6) is 0 Å². The van der Waals surface area contributed by atoms with Gasteiger partial charge in [0, 0.05) is 16.6 Å². The van der Waals surface area contributed by atoms with Crippen LogP contribution in [0.15, 0.2) is 35.1 Å². The lowest BCUT2D eigenvalue weighted by Crippen LogP contribution is -2.22. The predicted molar refractivity (Wildman–Crippen MR) is 105 cm³/mol. The molecule has 0 spiro atoms. The molecule has 5 nitrogen and oxygen atoms in total. The van der Waals surface area contributed by atoms with Crippen LogP contribution >= 0.6 is 0 Å². The van der Waals surface area contributed by atoms with Crippen LogP contribution < -0.4 is 5.56 Å². The average molecular weight is 362 g/mol. The van der Waals surface area contributed by atoms with E-state index in [2.05, 4.69) is 11.1 Å². The lowest BCUT2D eigenvalue weighted by molar-refractivity contribution is 0.0525. The monoisotopic (exact) mass is 362 g/mol. The highest BCUT2D eigenvalue weighted by Gasteiger charge is 2.24. The van der Waals surface area contributed by atoms with Crippen molar-refractivity contribution in [2.45, 2.75) is 39.5 Å². The number of rotatable bonds is 3. The molecule has 138 valence electrons. The molecule has 1 aromatic carbocycles. The fourth-order valence-corrected chi connectivity index (χ4v) is 3.76. The SMILES string of the molecule is CCOC(=O)c1c(-c2ccc(C)cc2)c2cc3c(nc2[nH]c1=O)CCCC3. The molecule has 2 heterocycles. The molecule has 0 bridgehead atoms. The average Bonchev–Trinajstić information content (AvgIpc) is 2.66. The number of aromatic amines is 1. The topological polar surface area (TPSA) is 72.0 Å². The van der Waals surface area contributed by atoms with Gasteiger partial charge in [0.05, 0.1) is 6.61 Å². The van der Waals surface area contributed by atoms with Gasteiger partial charge in [-0.05, 0) is 56.7 Å². The molecule has 0 saturated carbocycles. The Kier molecular flexibility index (Phi) is 4.52. The van der Waals surface area contributed by atoms with E-state index in [0.29, 0.717) is 11.2 Å². The zero-order valence-corrected chi connectivity index (χ0v) is 15.6. The van der Waals surface area contributed by atoms with Crippen LogP contribution in [-0.4, -0.2) is 22.5 Å². The third-order valence-electron chi connectivity index (χ3n) is 5.10. The van der Waals surface area contributed by atoms with Crippen molar-refractivity contribution in [1.82, 2.24) is 9.97 Å². The Morgan fingerprint density at radius 2 is 1.93 bits per heavy atom. The Bertz CT molecular complexity index is 1080. The summed E-state index contributed by atoms with van der Waals surface area (Å²) in [6.07, 6.45) is 4.14. The molecule has 1 N–H and O–H groups in total. The second-order valence-electron chi connectivity index (χ2n) is 6.99. The van der Waals surface area contributed by atoms with Gasteiger partial charge in [-0.2, -0.15) is 0 Å². The summed E-state index contributed by atoms with van der Waals surface area (Å²) < 4.78 is 5.18. The number of aromatic nitrogens is 2. The molecule has 0 radical (unpaired) electrons. The summed E-state index contributed by atoms with van der Waals surface area (Å²) in [4.78, 5) is 32.9. The van der Waals surface area contributed by atoms with Gasteiger partial charge >= 0.3 is 5.97 Å². The number of ether oxygens (including phenoxy) is 1. The van der Waals surface area contributed by atoms with Crippen molar-refractivity contribution in [1.29, 1.82) is 0 Å². The number of carbonyl (C=O) groups excluding carboxylic acids is 1. The molecule has 0 amide bonds. The molecule has 2 aromatic heterocycles. The van der Waals surface area contributed by atoms with Gasteiger partial charge in [0.15, 0.2) is 0 Å². The highest BCUT2D eigenvalue weighted by Crippen LogP contribution is 2.32. The second kappa shape index (κ2) is 6.99. The Labute approximate surface area is 157 Å². The summed E-state index contributed by atoms with van der Waals surface area (Å²) in [6, 6.07) is 9.91. The van der Waals surface area contributed by atoms with Gasteiger partial charge in [0.1, 0.15) is 11.2 Å². The first-order valence-electron chi connectivity index (χ1n) is 9.41. The van der Waals surface area contributed by atoms with E-state index in [1.165, 1.54) is 5.56 Å². The zero-order valence-electron chi connectivity index (χ0n) is 15.6. The summed E-state index contributed by atoms with van der Waals surface area (Å²) in [5.74, 6) is -0.603. The van der Waals surface area contributed by atoms with E-state index in [4.69, 9.17) is 9.72 Å². The second-order valence-corrected chi connectivity index (χ2v) is 6.99. The van der Waals surface area contributed by atoms with E-state index in [1.807, 2.05) is 31.2 Å². The molecule has 1 aliphatic rings. The van der Waals surface area contributed by atoms with E-state index >= 15 is 0 Å². The summed E-state index contributed by atoms with van der Waals surface area (Å²) >= 11 is 0. The van der Waals surface area contributed by atoms with Crippen LogP contribution in [-0.2, 0) is 17.6 Å². The van der Waals surface area contributed by atoms with E-state index in [9.17, 15) is 9.59 Å². The van der Waals surface area contributed by atoms with Gasteiger partial charge in [-0.3, -0.25) is 4.79 Å². The zero-order chi connectivity index (χ0) is 19.0. The number of carbonyl (C=O) groups is 1. The van der Waals surface area contributed by atoms with Crippen molar-refractivity contribution in [2.75, 3.05) is 6.61 Å². The first-order chi connectivity index (χ1) is 13.1. The maximum atomic E-state index is 12.8. The Hall–Kier alpha value is -2.95. The van der Waals surface area contributed by atoms with E-state index < -0.39 is 11.5 Å². The van der Waals surface area contributed by atoms with Crippen LogP contribution in [0, 0.1) is 6.92 Å². The van der Waals surface area contributed by atoms with Crippen LogP contribution in [0.4, 0.5) is 0 Å². The van der Waals surface area contributed by atoms with E-state index in [-0.39, 0.29) is 12.2 Å². The first-order valence-corrected chi connectivity index (χ1v) is 9.41. The van der Waals surface area contributed by atoms with Crippen molar-refractivity contribution in [3.63, 3.8) is 0 Å². The molecule has 4 rings (SSSR count). The van der Waals surface area contributed by atoms with E-state index in [1.54, 1.807) is 6.92 Å². The Morgan fingerprint density at radius 3 is 2.67 bits per heavy atom. The molecular weight excluding hydrogens is 340 g/mol. The third kappa shape index (κ3) is 3.14. The molecule has 1 aliphatic carbocycles. The van der Waals surface area contributed by atoms with Crippen molar-refractivity contribution >= 4 is 17.0 Å². The lowest BCUT2D eigenvalue weighted by Gasteiger charge is -2.18. The van der Waals surface area contributed by atoms with Gasteiger partial charge in [-0.25, -0.2) is 9.78 Å². The van der Waals surface area contributed by atoms with Crippen LogP contribution in [0.1, 0.15) is 46.9 Å². The fourth-order valence-electron chi connectivity index (χ4n) is 3.76. The number of pyridine rings is 2. The number of hydrogen-bond acceptors (Lipinski definition) is 4. The summed E-state index contributed by atoms with van der Waals surface area (Å²) in [7, 11) is 0. The third-order valence-corrected chi connectivity index (χ3v) is 5.10. The van der Waals surface area contributed by atoms with Gasteiger partial charge < -0.3 is 9.72 Å². The molecule has 3 aromatic rings. The lowest BCUT2D eigenvalue weighted by atomic mass is 9.91. The number of nitrogens with one attached hydrogen (secondary N) is 1. The number of benzene rings is 1. The highest BCUT2D eigenvalue weighted by atomic mass is 16.5. The number of esters is 1. The number of aryl methyl sites for hydroxylation is 3. The van der Waals surface area contributed by atoms with E-state index in [0.717, 1.165) is 47.9 Å². The number of fused-ring (bicyclic) bond motifs is 2. The summed E-state index contributed by atoms with van der Waals surface area (Å²) in [6.45, 7) is 3.95. The van der Waals surface area contributed by atoms with Gasteiger partial charge in [-0.15, -0.1) is 0 Å². The van der Waals surface area contributed by atoms with Gasteiger partial charge in [0.2, 0.25) is 0 Å². The van der Waals surface area contributed by atoms with Crippen molar-refractivity contribution in [3.8, 4) is 11.1 Å². The van der Waals surface area contributed by atoms with Crippen LogP contribution in [0.25, 0.3) is 22.2 Å². The number of hydrogen-bond donors (Lipinski definition) is 1. The molecule has 5 heteroatoms. The molecule has 0 saturated heterocycles. The standard InChI is InChI=1S/C22H22N2O3/c1-3-27-22(26)19-18(14-10-8-13(2)9-11-14)16-12-15-6-4-5-7-17(15)23-20(16)24-21(19)25/h8-12H,3-7H2,1-2H3,(H,23,24,25). The predicted octanol–water partition coefficient (Wildman–Crippen LogP) is 3.95. The molecule has 0 aliphatic heterocycles. The highest BCUT2D eigenvalue weighted by molar-refractivity contribution is 6.06. The smallest absolute Gasteiger partial charge is 0.344 e. The minimum atomic E-state index is -0.603. The summed E-state index contributed by atoms with van der Waals surface area (Å²) in [5.41, 5.74) is 4.90. The fraction of sp³-hybridized carbons (Fsp3) is 0.318. The molecule has 0 unspecified atom stereocenters. The largest absolute Gasteiger partial charge is 0.462 e. The van der Waals surface area contributed by atoms with Crippen LogP contribution in [0.2, 0.25) is 0 Å². The molecule has 27 heavy (non-hydrogen) atoms. The van der Waals surface area contributed by atoms with Gasteiger partial charge in [0.25, 0.3) is 5.56 Å². The van der Waals surface area contributed by atoms with Crippen molar-refractivity contribution < 1.29 is 9.53 Å². The maximum absolute atomic E-state index is 12.8. The number of nitrogens with zero attached hydrogens (tertiary/aromatic N) is 1.